The second-order valence-electron chi connectivity index (χ2n) is 6.32. The van der Waals surface area contributed by atoms with Gasteiger partial charge in [0.05, 0.1) is 12.4 Å². The summed E-state index contributed by atoms with van der Waals surface area (Å²) in [4.78, 5) is 7.62. The third-order valence-corrected chi connectivity index (χ3v) is 5.82. The minimum atomic E-state index is -3.49. The molecular weight excluding hydrogens is 276 g/mol. The summed E-state index contributed by atoms with van der Waals surface area (Å²) in [6, 6.07) is 0. The smallest absolute Gasteiger partial charge is 0.246 e. The van der Waals surface area contributed by atoms with Gasteiger partial charge in [0.15, 0.2) is 0 Å². The molecule has 7 heteroatoms. The minimum absolute atomic E-state index is 0.0791. The van der Waals surface area contributed by atoms with E-state index in [0.717, 1.165) is 12.8 Å². The highest BCUT2D eigenvalue weighted by Crippen LogP contribution is 2.35. The van der Waals surface area contributed by atoms with Gasteiger partial charge in [-0.15, -0.1) is 0 Å². The van der Waals surface area contributed by atoms with Crippen molar-refractivity contribution in [2.24, 2.45) is 11.3 Å². The Kier molecular flexibility index (Phi) is 4.02. The van der Waals surface area contributed by atoms with E-state index in [1.165, 1.54) is 16.7 Å². The summed E-state index contributed by atoms with van der Waals surface area (Å²) in [5.74, 6) is 0.631. The van der Waals surface area contributed by atoms with E-state index < -0.39 is 10.0 Å². The largest absolute Gasteiger partial charge is 0.368 e. The maximum Gasteiger partial charge on any atom is 0.246 e. The summed E-state index contributed by atoms with van der Waals surface area (Å²) < 4.78 is 26.4. The Labute approximate surface area is 120 Å². The maximum absolute atomic E-state index is 12.5. The Morgan fingerprint density at radius 2 is 1.70 bits per heavy atom. The average molecular weight is 298 g/mol. The van der Waals surface area contributed by atoms with Crippen LogP contribution in [0.1, 0.15) is 33.6 Å². The normalized spacial score (nSPS) is 19.1. The van der Waals surface area contributed by atoms with Crippen molar-refractivity contribution in [1.29, 1.82) is 0 Å². The zero-order chi connectivity index (χ0) is 15.0. The van der Waals surface area contributed by atoms with Gasteiger partial charge in [-0.05, 0) is 24.2 Å². The van der Waals surface area contributed by atoms with Crippen LogP contribution in [-0.2, 0) is 10.0 Å². The topological polar surface area (TPSA) is 89.2 Å². The van der Waals surface area contributed by atoms with Crippen LogP contribution in [0.25, 0.3) is 0 Å². The van der Waals surface area contributed by atoms with Crippen LogP contribution in [0.3, 0.4) is 0 Å². The lowest BCUT2D eigenvalue weighted by Crippen LogP contribution is -2.41. The lowest BCUT2D eigenvalue weighted by molar-refractivity contribution is 0.154. The molecule has 1 saturated heterocycles. The molecule has 0 aromatic carbocycles. The molecule has 1 aliphatic heterocycles. The van der Waals surface area contributed by atoms with Gasteiger partial charge in [-0.1, -0.05) is 20.8 Å². The Hall–Kier alpha value is -1.21. The predicted molar refractivity (Wildman–Crippen MR) is 77.4 cm³/mol. The number of hydrogen-bond acceptors (Lipinski definition) is 5. The van der Waals surface area contributed by atoms with Crippen LogP contribution in [0.5, 0.6) is 0 Å². The third kappa shape index (κ3) is 3.09. The molecule has 1 aromatic rings. The van der Waals surface area contributed by atoms with Crippen LogP contribution in [0.2, 0.25) is 0 Å². The monoisotopic (exact) mass is 298 g/mol. The summed E-state index contributed by atoms with van der Waals surface area (Å²) in [5.41, 5.74) is 5.61. The lowest BCUT2D eigenvalue weighted by Gasteiger charge is -2.38. The summed E-state index contributed by atoms with van der Waals surface area (Å²) in [5, 5.41) is 0. The fourth-order valence-corrected chi connectivity index (χ4v) is 3.93. The minimum Gasteiger partial charge on any atom is -0.368 e. The second kappa shape index (κ2) is 5.29. The molecule has 1 aromatic heterocycles. The molecule has 1 fully saturated rings. The molecule has 1 aliphatic rings. The van der Waals surface area contributed by atoms with E-state index in [0.29, 0.717) is 19.0 Å². The Balaban J connectivity index is 2.11. The van der Waals surface area contributed by atoms with Gasteiger partial charge in [0.25, 0.3) is 0 Å². The number of rotatable bonds is 2. The number of piperidine rings is 1. The van der Waals surface area contributed by atoms with Gasteiger partial charge in [0, 0.05) is 13.1 Å². The van der Waals surface area contributed by atoms with E-state index in [1.807, 2.05) is 0 Å². The molecule has 20 heavy (non-hydrogen) atoms. The SMILES string of the molecule is CC(C)(C)C1CCN(S(=O)(=O)c2cnc(N)nc2)CC1. The second-order valence-corrected chi connectivity index (χ2v) is 8.26. The van der Waals surface area contributed by atoms with E-state index in [9.17, 15) is 8.42 Å². The molecule has 2 heterocycles. The molecule has 0 radical (unpaired) electrons. The lowest BCUT2D eigenvalue weighted by atomic mass is 9.76. The predicted octanol–water partition coefficient (Wildman–Crippen LogP) is 1.51. The summed E-state index contributed by atoms with van der Waals surface area (Å²) >= 11 is 0. The number of nitrogens with zero attached hydrogens (tertiary/aromatic N) is 3. The number of sulfonamides is 1. The van der Waals surface area contributed by atoms with Crippen molar-refractivity contribution in [2.75, 3.05) is 18.8 Å². The van der Waals surface area contributed by atoms with Crippen molar-refractivity contribution >= 4 is 16.0 Å². The Bertz CT molecular complexity index is 555. The standard InChI is InChI=1S/C13H22N4O2S/c1-13(2,3)10-4-6-17(7-5-10)20(18,19)11-8-15-12(14)16-9-11/h8-10H,4-7H2,1-3H3,(H2,14,15,16). The summed E-state index contributed by atoms with van der Waals surface area (Å²) in [6.07, 6.45) is 4.32. The van der Waals surface area contributed by atoms with Crippen LogP contribution in [0.15, 0.2) is 17.3 Å². The van der Waals surface area contributed by atoms with E-state index >= 15 is 0 Å². The summed E-state index contributed by atoms with van der Waals surface area (Å²) in [6.45, 7) is 7.71. The molecular formula is C13H22N4O2S. The zero-order valence-corrected chi connectivity index (χ0v) is 13.0. The van der Waals surface area contributed by atoms with Gasteiger partial charge in [0.1, 0.15) is 4.90 Å². The number of nitrogens with two attached hydrogens (primary N) is 1. The molecule has 2 N–H and O–H groups in total. The highest BCUT2D eigenvalue weighted by Gasteiger charge is 2.34. The van der Waals surface area contributed by atoms with Gasteiger partial charge in [-0.3, -0.25) is 0 Å². The molecule has 0 unspecified atom stereocenters. The van der Waals surface area contributed by atoms with Gasteiger partial charge in [-0.2, -0.15) is 4.31 Å². The van der Waals surface area contributed by atoms with E-state index in [2.05, 4.69) is 30.7 Å². The molecule has 0 saturated carbocycles. The summed E-state index contributed by atoms with van der Waals surface area (Å²) in [7, 11) is -3.49. The van der Waals surface area contributed by atoms with Crippen LogP contribution < -0.4 is 5.73 Å². The van der Waals surface area contributed by atoms with Crippen molar-refractivity contribution in [2.45, 2.75) is 38.5 Å². The molecule has 2 rings (SSSR count). The fraction of sp³-hybridized carbons (Fsp3) is 0.692. The van der Waals surface area contributed by atoms with Gasteiger partial charge >= 0.3 is 0 Å². The van der Waals surface area contributed by atoms with E-state index in [1.54, 1.807) is 0 Å². The number of hydrogen-bond donors (Lipinski definition) is 1. The third-order valence-electron chi connectivity index (χ3n) is 3.96. The number of anilines is 1. The molecule has 0 amide bonds. The number of aromatic nitrogens is 2. The first-order chi connectivity index (χ1) is 9.21. The van der Waals surface area contributed by atoms with E-state index in [-0.39, 0.29) is 16.3 Å². The van der Waals surface area contributed by atoms with E-state index in [4.69, 9.17) is 5.73 Å². The Morgan fingerprint density at radius 1 is 1.20 bits per heavy atom. The molecule has 0 atom stereocenters. The maximum atomic E-state index is 12.5. The number of nitrogen functional groups attached to an aromatic ring is 1. The first-order valence-electron chi connectivity index (χ1n) is 6.79. The van der Waals surface area contributed by atoms with Gasteiger partial charge in [0.2, 0.25) is 16.0 Å². The molecule has 112 valence electrons. The van der Waals surface area contributed by atoms with Crippen molar-refractivity contribution < 1.29 is 8.42 Å². The average Bonchev–Trinajstić information content (AvgIpc) is 2.38. The molecule has 0 spiro atoms. The molecule has 0 bridgehead atoms. The van der Waals surface area contributed by atoms with Crippen molar-refractivity contribution in [3.63, 3.8) is 0 Å². The molecule has 0 aliphatic carbocycles. The molecule has 6 nitrogen and oxygen atoms in total. The van der Waals surface area contributed by atoms with Crippen LogP contribution in [0, 0.1) is 11.3 Å². The quantitative estimate of drug-likeness (QED) is 0.894. The highest BCUT2D eigenvalue weighted by atomic mass is 32.2. The van der Waals surface area contributed by atoms with Crippen LogP contribution in [-0.4, -0.2) is 35.8 Å². The highest BCUT2D eigenvalue weighted by molar-refractivity contribution is 7.89. The van der Waals surface area contributed by atoms with Crippen molar-refractivity contribution in [3.8, 4) is 0 Å². The zero-order valence-electron chi connectivity index (χ0n) is 12.2. The van der Waals surface area contributed by atoms with Crippen molar-refractivity contribution in [3.05, 3.63) is 12.4 Å². The fourth-order valence-electron chi connectivity index (χ4n) is 2.57. The van der Waals surface area contributed by atoms with Crippen molar-refractivity contribution in [1.82, 2.24) is 14.3 Å². The first-order valence-corrected chi connectivity index (χ1v) is 8.23. The Morgan fingerprint density at radius 3 is 2.15 bits per heavy atom. The van der Waals surface area contributed by atoms with Gasteiger partial charge < -0.3 is 5.73 Å². The van der Waals surface area contributed by atoms with Crippen LogP contribution in [0.4, 0.5) is 5.95 Å². The van der Waals surface area contributed by atoms with Gasteiger partial charge in [-0.25, -0.2) is 18.4 Å². The van der Waals surface area contributed by atoms with Crippen LogP contribution >= 0.6 is 0 Å². The first kappa shape index (κ1) is 15.2.